The first-order chi connectivity index (χ1) is 8.04. The molecule has 2 N–H and O–H groups in total. The lowest BCUT2D eigenvalue weighted by Gasteiger charge is -2.09. The highest BCUT2D eigenvalue weighted by atomic mass is 16.4. The third-order valence-electron chi connectivity index (χ3n) is 3.03. The van der Waals surface area contributed by atoms with E-state index < -0.39 is 11.4 Å². The fraction of sp³-hybridized carbons (Fsp3) is 0.545. The van der Waals surface area contributed by atoms with E-state index >= 15 is 0 Å². The highest BCUT2D eigenvalue weighted by Crippen LogP contribution is 2.45. The van der Waals surface area contributed by atoms with Gasteiger partial charge in [0.2, 0.25) is 5.91 Å². The summed E-state index contributed by atoms with van der Waals surface area (Å²) in [5, 5.41) is 15.7. The molecule has 1 aromatic rings. The molecule has 6 nitrogen and oxygen atoms in total. The van der Waals surface area contributed by atoms with E-state index in [-0.39, 0.29) is 5.91 Å². The van der Waals surface area contributed by atoms with Crippen molar-refractivity contribution < 1.29 is 14.7 Å². The Morgan fingerprint density at radius 2 is 2.29 bits per heavy atom. The Bertz CT molecular complexity index is 449. The average molecular weight is 237 g/mol. The van der Waals surface area contributed by atoms with Gasteiger partial charge in [-0.3, -0.25) is 14.3 Å². The molecule has 1 fully saturated rings. The van der Waals surface area contributed by atoms with Crippen LogP contribution in [0, 0.1) is 5.41 Å². The van der Waals surface area contributed by atoms with Crippen molar-refractivity contribution in [1.82, 2.24) is 15.1 Å². The number of hydrogen-bond acceptors (Lipinski definition) is 3. The first-order valence-corrected chi connectivity index (χ1v) is 5.55. The summed E-state index contributed by atoms with van der Waals surface area (Å²) in [6.07, 6.45) is 3.33. The van der Waals surface area contributed by atoms with Crippen LogP contribution < -0.4 is 5.32 Å². The zero-order valence-corrected chi connectivity index (χ0v) is 9.64. The van der Waals surface area contributed by atoms with Gasteiger partial charge in [0.15, 0.2) is 0 Å². The molecule has 0 spiro atoms. The maximum absolute atomic E-state index is 11.6. The molecule has 0 atom stereocenters. The van der Waals surface area contributed by atoms with Crippen LogP contribution in [0.2, 0.25) is 0 Å². The van der Waals surface area contributed by atoms with Crippen molar-refractivity contribution in [3.8, 4) is 0 Å². The number of aryl methyl sites for hydroxylation is 1. The minimum atomic E-state index is -1.15. The van der Waals surface area contributed by atoms with Crippen molar-refractivity contribution >= 4 is 11.9 Å². The minimum Gasteiger partial charge on any atom is -0.480 e. The van der Waals surface area contributed by atoms with Crippen molar-refractivity contribution in [1.29, 1.82) is 0 Å². The van der Waals surface area contributed by atoms with Gasteiger partial charge >= 0.3 is 5.97 Å². The van der Waals surface area contributed by atoms with E-state index in [9.17, 15) is 9.59 Å². The Morgan fingerprint density at radius 1 is 1.59 bits per heavy atom. The summed E-state index contributed by atoms with van der Waals surface area (Å²) in [6, 6.07) is 1.87. The Labute approximate surface area is 98.6 Å². The van der Waals surface area contributed by atoms with E-state index in [0.717, 1.165) is 5.69 Å². The van der Waals surface area contributed by atoms with E-state index in [0.29, 0.717) is 25.8 Å². The number of rotatable bonds is 5. The second kappa shape index (κ2) is 4.20. The molecule has 0 bridgehead atoms. The number of carboxylic acids is 1. The molecule has 0 aromatic carbocycles. The summed E-state index contributed by atoms with van der Waals surface area (Å²) in [6.45, 7) is 0.422. The van der Waals surface area contributed by atoms with Gasteiger partial charge in [0.05, 0.1) is 5.69 Å². The van der Waals surface area contributed by atoms with Gasteiger partial charge < -0.3 is 10.4 Å². The van der Waals surface area contributed by atoms with E-state index in [1.807, 2.05) is 19.3 Å². The van der Waals surface area contributed by atoms with Crippen LogP contribution in [-0.2, 0) is 23.1 Å². The van der Waals surface area contributed by atoms with Crippen molar-refractivity contribution in [2.75, 3.05) is 6.54 Å². The molecule has 1 aliphatic carbocycles. The predicted molar refractivity (Wildman–Crippen MR) is 59.2 cm³/mol. The number of aliphatic carboxylic acids is 1. The molecular weight excluding hydrogens is 222 g/mol. The lowest BCUT2D eigenvalue weighted by Crippen LogP contribution is -2.38. The van der Waals surface area contributed by atoms with Gasteiger partial charge in [-0.15, -0.1) is 0 Å². The third kappa shape index (κ3) is 2.30. The highest BCUT2D eigenvalue weighted by Gasteiger charge is 2.56. The summed E-state index contributed by atoms with van der Waals surface area (Å²) in [7, 11) is 1.83. The Hall–Kier alpha value is -1.85. The van der Waals surface area contributed by atoms with Gasteiger partial charge in [0.25, 0.3) is 0 Å². The summed E-state index contributed by atoms with van der Waals surface area (Å²) < 4.78 is 1.69. The summed E-state index contributed by atoms with van der Waals surface area (Å²) in [5.74, 6) is -1.39. The normalized spacial score (nSPS) is 16.5. The Kier molecular flexibility index (Phi) is 2.87. The largest absolute Gasteiger partial charge is 0.480 e. The molecular formula is C11H15N3O3. The van der Waals surface area contributed by atoms with Crippen molar-refractivity contribution in [3.63, 3.8) is 0 Å². The Morgan fingerprint density at radius 3 is 2.76 bits per heavy atom. The van der Waals surface area contributed by atoms with Gasteiger partial charge in [-0.1, -0.05) is 0 Å². The zero-order valence-electron chi connectivity index (χ0n) is 9.64. The van der Waals surface area contributed by atoms with Crippen LogP contribution in [0.4, 0.5) is 0 Å². The standard InChI is InChI=1S/C11H15N3O3/c1-14-7-3-8(13-14)2-6-12-9(15)11(4-5-11)10(16)17/h3,7H,2,4-6H2,1H3,(H,12,15)(H,16,17). The van der Waals surface area contributed by atoms with Crippen LogP contribution >= 0.6 is 0 Å². The first kappa shape index (κ1) is 11.6. The molecule has 1 amide bonds. The number of amides is 1. The number of nitrogens with zero attached hydrogens (tertiary/aromatic N) is 2. The fourth-order valence-corrected chi connectivity index (χ4v) is 1.73. The van der Waals surface area contributed by atoms with Gasteiger partial charge in [-0.2, -0.15) is 5.10 Å². The van der Waals surface area contributed by atoms with E-state index in [1.54, 1.807) is 4.68 Å². The number of carbonyl (C=O) groups excluding carboxylic acids is 1. The molecule has 92 valence electrons. The molecule has 0 radical (unpaired) electrons. The summed E-state index contributed by atoms with van der Waals surface area (Å²) >= 11 is 0. The van der Waals surface area contributed by atoms with Gasteiger partial charge in [0, 0.05) is 26.2 Å². The van der Waals surface area contributed by atoms with Gasteiger partial charge in [-0.25, -0.2) is 0 Å². The fourth-order valence-electron chi connectivity index (χ4n) is 1.73. The van der Waals surface area contributed by atoms with E-state index in [2.05, 4.69) is 10.4 Å². The molecule has 1 aliphatic rings. The quantitative estimate of drug-likeness (QED) is 0.703. The summed E-state index contributed by atoms with van der Waals surface area (Å²) in [5.41, 5.74) is -0.266. The molecule has 0 aliphatic heterocycles. The number of carboxylic acid groups (broad SMARTS) is 1. The molecule has 17 heavy (non-hydrogen) atoms. The molecule has 1 saturated carbocycles. The number of nitrogens with one attached hydrogen (secondary N) is 1. The molecule has 0 unspecified atom stereocenters. The molecule has 6 heteroatoms. The van der Waals surface area contributed by atoms with E-state index in [4.69, 9.17) is 5.11 Å². The topological polar surface area (TPSA) is 84.2 Å². The van der Waals surface area contributed by atoms with Crippen LogP contribution in [0.3, 0.4) is 0 Å². The predicted octanol–water partition coefficient (Wildman–Crippen LogP) is -0.0564. The maximum atomic E-state index is 11.6. The second-order valence-corrected chi connectivity index (χ2v) is 4.37. The van der Waals surface area contributed by atoms with Crippen molar-refractivity contribution in [2.24, 2.45) is 12.5 Å². The molecule has 2 rings (SSSR count). The average Bonchev–Trinajstić information content (AvgIpc) is 2.99. The third-order valence-corrected chi connectivity index (χ3v) is 3.03. The van der Waals surface area contributed by atoms with Crippen LogP contribution in [0.5, 0.6) is 0 Å². The molecule has 1 aromatic heterocycles. The van der Waals surface area contributed by atoms with Gasteiger partial charge in [0.1, 0.15) is 5.41 Å². The van der Waals surface area contributed by atoms with Crippen molar-refractivity contribution in [3.05, 3.63) is 18.0 Å². The van der Waals surface area contributed by atoms with Crippen LogP contribution in [0.25, 0.3) is 0 Å². The number of hydrogen-bond donors (Lipinski definition) is 2. The van der Waals surface area contributed by atoms with Crippen LogP contribution in [-0.4, -0.2) is 33.3 Å². The zero-order chi connectivity index (χ0) is 12.5. The van der Waals surface area contributed by atoms with E-state index in [1.165, 1.54) is 0 Å². The minimum absolute atomic E-state index is 0.374. The number of carbonyl (C=O) groups is 2. The van der Waals surface area contributed by atoms with Crippen LogP contribution in [0.1, 0.15) is 18.5 Å². The molecule has 0 saturated heterocycles. The SMILES string of the molecule is Cn1ccc(CCNC(=O)C2(C(=O)O)CC2)n1. The molecule has 1 heterocycles. The maximum Gasteiger partial charge on any atom is 0.319 e. The Balaban J connectivity index is 1.79. The second-order valence-electron chi connectivity index (χ2n) is 4.37. The van der Waals surface area contributed by atoms with Crippen molar-refractivity contribution in [2.45, 2.75) is 19.3 Å². The number of aromatic nitrogens is 2. The smallest absolute Gasteiger partial charge is 0.319 e. The van der Waals surface area contributed by atoms with Gasteiger partial charge in [-0.05, 0) is 18.9 Å². The summed E-state index contributed by atoms with van der Waals surface area (Å²) in [4.78, 5) is 22.5. The first-order valence-electron chi connectivity index (χ1n) is 5.55. The monoisotopic (exact) mass is 237 g/mol. The lowest BCUT2D eigenvalue weighted by atomic mass is 10.1. The lowest BCUT2D eigenvalue weighted by molar-refractivity contribution is -0.149. The van der Waals surface area contributed by atoms with Crippen LogP contribution in [0.15, 0.2) is 12.3 Å². The highest BCUT2D eigenvalue weighted by molar-refractivity contribution is 6.04.